The van der Waals surface area contributed by atoms with Gasteiger partial charge in [-0.15, -0.1) is 0 Å². The summed E-state index contributed by atoms with van der Waals surface area (Å²) in [5, 5.41) is 5.67. The van der Waals surface area contributed by atoms with Crippen LogP contribution < -0.4 is 20.1 Å². The van der Waals surface area contributed by atoms with Crippen molar-refractivity contribution in [1.82, 2.24) is 10.6 Å². The zero-order chi connectivity index (χ0) is 15.9. The zero-order valence-corrected chi connectivity index (χ0v) is 13.6. The second-order valence-electron chi connectivity index (χ2n) is 4.81. The number of unbranched alkanes of at least 4 members (excludes halogenated alkanes) is 1. The second kappa shape index (κ2) is 7.79. The van der Waals surface area contributed by atoms with Crippen molar-refractivity contribution in [1.29, 1.82) is 0 Å². The summed E-state index contributed by atoms with van der Waals surface area (Å²) in [5.74, 6) is 1.16. The Morgan fingerprint density at radius 3 is 2.64 bits per heavy atom. The third-order valence-electron chi connectivity index (χ3n) is 3.05. The molecule has 0 bridgehead atoms. The van der Waals surface area contributed by atoms with Crippen molar-refractivity contribution >= 4 is 29.3 Å². The predicted molar refractivity (Wildman–Crippen MR) is 89.9 cm³/mol. The van der Waals surface area contributed by atoms with Crippen molar-refractivity contribution < 1.29 is 14.3 Å². The first kappa shape index (κ1) is 16.3. The number of hydrogen-bond acceptors (Lipinski definition) is 4. The van der Waals surface area contributed by atoms with Gasteiger partial charge in [-0.2, -0.15) is 0 Å². The number of thiocarbonyl (C=S) groups is 1. The Hall–Kier alpha value is -2.08. The summed E-state index contributed by atoms with van der Waals surface area (Å²) < 4.78 is 11.4. The van der Waals surface area contributed by atoms with Gasteiger partial charge in [-0.3, -0.25) is 10.1 Å². The lowest BCUT2D eigenvalue weighted by molar-refractivity contribution is -0.115. The van der Waals surface area contributed by atoms with Crippen LogP contribution in [0, 0.1) is 0 Å². The van der Waals surface area contributed by atoms with Gasteiger partial charge < -0.3 is 14.8 Å². The molecule has 0 spiro atoms. The Kier molecular flexibility index (Phi) is 5.77. The largest absolute Gasteiger partial charge is 0.490 e. The number of amides is 1. The summed E-state index contributed by atoms with van der Waals surface area (Å²) in [6, 6.07) is 5.60. The van der Waals surface area contributed by atoms with E-state index in [1.165, 1.54) is 0 Å². The van der Waals surface area contributed by atoms with Gasteiger partial charge in [0.25, 0.3) is 5.91 Å². The first-order valence-corrected chi connectivity index (χ1v) is 7.78. The quantitative estimate of drug-likeness (QED) is 0.459. The highest BCUT2D eigenvalue weighted by Crippen LogP contribution is 2.29. The van der Waals surface area contributed by atoms with E-state index in [1.54, 1.807) is 6.08 Å². The SMILES string of the molecule is CCCCOc1ccc(/C=C2\NC(=S)NC2=O)cc1OCC. The van der Waals surface area contributed by atoms with Gasteiger partial charge in [0.2, 0.25) is 0 Å². The molecule has 1 aliphatic rings. The van der Waals surface area contributed by atoms with Crippen LogP contribution in [0.25, 0.3) is 6.08 Å². The van der Waals surface area contributed by atoms with Crippen LogP contribution in [0.5, 0.6) is 11.5 Å². The summed E-state index contributed by atoms with van der Waals surface area (Å²) in [4.78, 5) is 11.7. The van der Waals surface area contributed by atoms with E-state index in [1.807, 2.05) is 25.1 Å². The molecule has 118 valence electrons. The van der Waals surface area contributed by atoms with E-state index < -0.39 is 0 Å². The molecule has 1 fully saturated rings. The Morgan fingerprint density at radius 2 is 2.00 bits per heavy atom. The summed E-state index contributed by atoms with van der Waals surface area (Å²) in [7, 11) is 0. The monoisotopic (exact) mass is 320 g/mol. The summed E-state index contributed by atoms with van der Waals surface area (Å²) in [6.45, 7) is 5.25. The minimum Gasteiger partial charge on any atom is -0.490 e. The average molecular weight is 320 g/mol. The Morgan fingerprint density at radius 1 is 1.18 bits per heavy atom. The lowest BCUT2D eigenvalue weighted by Gasteiger charge is -2.12. The fourth-order valence-electron chi connectivity index (χ4n) is 1.98. The van der Waals surface area contributed by atoms with Gasteiger partial charge in [0.1, 0.15) is 5.70 Å². The highest BCUT2D eigenvalue weighted by atomic mass is 32.1. The first-order valence-electron chi connectivity index (χ1n) is 7.37. The fraction of sp³-hybridized carbons (Fsp3) is 0.375. The first-order chi connectivity index (χ1) is 10.6. The highest BCUT2D eigenvalue weighted by Gasteiger charge is 2.20. The molecule has 0 aliphatic carbocycles. The molecule has 0 saturated carbocycles. The van der Waals surface area contributed by atoms with Crippen LogP contribution >= 0.6 is 12.2 Å². The summed E-state index contributed by atoms with van der Waals surface area (Å²) in [5.41, 5.74) is 1.26. The third-order valence-corrected chi connectivity index (χ3v) is 3.26. The lowest BCUT2D eigenvalue weighted by Crippen LogP contribution is -2.21. The number of ether oxygens (including phenoxy) is 2. The van der Waals surface area contributed by atoms with Crippen LogP contribution in [0.15, 0.2) is 23.9 Å². The van der Waals surface area contributed by atoms with Crippen molar-refractivity contribution in [3.8, 4) is 11.5 Å². The maximum absolute atomic E-state index is 11.7. The summed E-state index contributed by atoms with van der Waals surface area (Å²) in [6.07, 6.45) is 3.81. The Balaban J connectivity index is 2.19. The summed E-state index contributed by atoms with van der Waals surface area (Å²) >= 11 is 4.91. The van der Waals surface area contributed by atoms with Crippen LogP contribution in [0.1, 0.15) is 32.3 Å². The Bertz CT molecular complexity index is 599. The molecule has 1 aliphatic heterocycles. The molecular weight excluding hydrogens is 300 g/mol. The maximum Gasteiger partial charge on any atom is 0.273 e. The molecule has 1 aromatic rings. The minimum atomic E-state index is -0.230. The van der Waals surface area contributed by atoms with Gasteiger partial charge in [0, 0.05) is 0 Å². The number of carbonyl (C=O) groups is 1. The molecule has 6 heteroatoms. The molecule has 0 radical (unpaired) electrons. The van der Waals surface area contributed by atoms with Gasteiger partial charge in [0.15, 0.2) is 16.6 Å². The Labute approximate surface area is 135 Å². The van der Waals surface area contributed by atoms with Crippen molar-refractivity contribution in [2.24, 2.45) is 0 Å². The van der Waals surface area contributed by atoms with E-state index in [2.05, 4.69) is 17.6 Å². The van der Waals surface area contributed by atoms with Gasteiger partial charge >= 0.3 is 0 Å². The van der Waals surface area contributed by atoms with Gasteiger partial charge in [-0.05, 0) is 49.3 Å². The number of benzene rings is 1. The standard InChI is InChI=1S/C16H20N2O3S/c1-3-5-8-21-13-7-6-11(10-14(13)20-4-2)9-12-15(19)18-16(22)17-12/h6-7,9-10H,3-5,8H2,1-2H3,(H2,17,18,19,22)/b12-9-. The van der Waals surface area contributed by atoms with Crippen molar-refractivity contribution in [3.05, 3.63) is 29.5 Å². The van der Waals surface area contributed by atoms with E-state index in [9.17, 15) is 4.79 Å². The number of nitrogens with one attached hydrogen (secondary N) is 2. The van der Waals surface area contributed by atoms with Crippen LogP contribution in [-0.2, 0) is 4.79 Å². The normalized spacial score (nSPS) is 15.6. The number of hydrogen-bond donors (Lipinski definition) is 2. The number of rotatable bonds is 7. The maximum atomic E-state index is 11.7. The predicted octanol–water partition coefficient (Wildman–Crippen LogP) is 2.61. The van der Waals surface area contributed by atoms with E-state index >= 15 is 0 Å². The average Bonchev–Trinajstić information content (AvgIpc) is 2.79. The molecule has 2 N–H and O–H groups in total. The molecule has 22 heavy (non-hydrogen) atoms. The highest BCUT2D eigenvalue weighted by molar-refractivity contribution is 7.80. The van der Waals surface area contributed by atoms with Crippen LogP contribution in [0.4, 0.5) is 0 Å². The molecule has 5 nitrogen and oxygen atoms in total. The second-order valence-corrected chi connectivity index (χ2v) is 5.22. The van der Waals surface area contributed by atoms with Crippen molar-refractivity contribution in [2.75, 3.05) is 13.2 Å². The van der Waals surface area contributed by atoms with E-state index in [0.29, 0.717) is 29.8 Å². The number of carbonyl (C=O) groups excluding carboxylic acids is 1. The molecule has 1 amide bonds. The molecule has 0 unspecified atom stereocenters. The third kappa shape index (κ3) is 4.21. The molecular formula is C16H20N2O3S. The van der Waals surface area contributed by atoms with Crippen molar-refractivity contribution in [2.45, 2.75) is 26.7 Å². The van der Waals surface area contributed by atoms with Gasteiger partial charge in [0.05, 0.1) is 13.2 Å². The van der Waals surface area contributed by atoms with Crippen LogP contribution in [-0.4, -0.2) is 24.2 Å². The topological polar surface area (TPSA) is 59.6 Å². The van der Waals surface area contributed by atoms with E-state index in [-0.39, 0.29) is 5.91 Å². The van der Waals surface area contributed by atoms with Gasteiger partial charge in [-0.1, -0.05) is 19.4 Å². The molecule has 0 aromatic heterocycles. The lowest BCUT2D eigenvalue weighted by atomic mass is 10.1. The van der Waals surface area contributed by atoms with Crippen LogP contribution in [0.2, 0.25) is 0 Å². The van der Waals surface area contributed by atoms with E-state index in [4.69, 9.17) is 21.7 Å². The molecule has 0 atom stereocenters. The smallest absolute Gasteiger partial charge is 0.273 e. The molecule has 1 heterocycles. The zero-order valence-electron chi connectivity index (χ0n) is 12.8. The molecule has 1 aromatic carbocycles. The van der Waals surface area contributed by atoms with Crippen LogP contribution in [0.3, 0.4) is 0 Å². The van der Waals surface area contributed by atoms with Crippen molar-refractivity contribution in [3.63, 3.8) is 0 Å². The molecule has 1 saturated heterocycles. The fourth-order valence-corrected chi connectivity index (χ4v) is 2.18. The van der Waals surface area contributed by atoms with E-state index in [0.717, 1.165) is 24.2 Å². The minimum absolute atomic E-state index is 0.230. The molecule has 2 rings (SSSR count). The van der Waals surface area contributed by atoms with Gasteiger partial charge in [-0.25, -0.2) is 0 Å².